The Balaban J connectivity index is 1.71. The molecule has 9 heteroatoms. The Morgan fingerprint density at radius 1 is 1.21 bits per heavy atom. The highest BCUT2D eigenvalue weighted by Crippen LogP contribution is 3.02. The molecule has 138 valence electrons. The Morgan fingerprint density at radius 3 is 2.62 bits per heavy atom. The SMILES string of the molecule is OC[C@@]12CCCN1[C@H](COc1cccc(S(F)(F)(F)(F)F)c1)CC2. The number of aliphatic hydroxyl groups is 1. The number of hydrogen-bond donors (Lipinski definition) is 1. The van der Waals surface area contributed by atoms with Gasteiger partial charge in [0, 0.05) is 17.6 Å². The van der Waals surface area contributed by atoms with Gasteiger partial charge in [-0.05, 0) is 44.4 Å². The lowest BCUT2D eigenvalue weighted by Gasteiger charge is -2.40. The highest BCUT2D eigenvalue weighted by molar-refractivity contribution is 8.45. The summed E-state index contributed by atoms with van der Waals surface area (Å²) in [6.07, 6.45) is 3.42. The van der Waals surface area contributed by atoms with Gasteiger partial charge in [-0.3, -0.25) is 4.90 Å². The molecule has 2 fully saturated rings. The van der Waals surface area contributed by atoms with E-state index in [9.17, 15) is 24.5 Å². The van der Waals surface area contributed by atoms with Gasteiger partial charge in [0.1, 0.15) is 17.3 Å². The quantitative estimate of drug-likeness (QED) is 0.759. The summed E-state index contributed by atoms with van der Waals surface area (Å²) in [7, 11) is -9.70. The van der Waals surface area contributed by atoms with E-state index in [0.717, 1.165) is 38.3 Å². The summed E-state index contributed by atoms with van der Waals surface area (Å²) in [4.78, 5) is 0.200. The molecule has 1 aromatic carbocycles. The minimum atomic E-state index is -9.70. The Hall–Kier alpha value is -1.06. The van der Waals surface area contributed by atoms with Crippen LogP contribution >= 0.6 is 10.2 Å². The van der Waals surface area contributed by atoms with Crippen molar-refractivity contribution in [3.8, 4) is 5.75 Å². The number of hydrogen-bond acceptors (Lipinski definition) is 3. The summed E-state index contributed by atoms with van der Waals surface area (Å²) < 4.78 is 69.6. The fourth-order valence-corrected chi connectivity index (χ4v) is 4.48. The molecule has 2 heterocycles. The van der Waals surface area contributed by atoms with Crippen LogP contribution in [-0.4, -0.2) is 41.3 Å². The highest BCUT2D eigenvalue weighted by atomic mass is 32.5. The number of aliphatic hydroxyl groups excluding tert-OH is 1. The second-order valence-electron chi connectivity index (χ2n) is 6.63. The van der Waals surface area contributed by atoms with E-state index in [2.05, 4.69) is 4.90 Å². The third-order valence-corrected chi connectivity index (χ3v) is 6.17. The zero-order chi connectivity index (χ0) is 17.7. The maximum absolute atomic E-state index is 12.8. The van der Waals surface area contributed by atoms with Gasteiger partial charge in [-0.1, -0.05) is 25.5 Å². The number of benzene rings is 1. The van der Waals surface area contributed by atoms with E-state index in [0.29, 0.717) is 12.1 Å². The predicted molar refractivity (Wildman–Crippen MR) is 82.1 cm³/mol. The van der Waals surface area contributed by atoms with Crippen LogP contribution in [0.4, 0.5) is 19.4 Å². The lowest BCUT2D eigenvalue weighted by molar-refractivity contribution is 0.0628. The molecule has 2 saturated heterocycles. The van der Waals surface area contributed by atoms with E-state index >= 15 is 0 Å². The van der Waals surface area contributed by atoms with Crippen LogP contribution in [0, 0.1) is 0 Å². The maximum atomic E-state index is 12.8. The molecule has 1 aromatic rings. The zero-order valence-corrected chi connectivity index (χ0v) is 13.8. The van der Waals surface area contributed by atoms with Crippen LogP contribution in [0.5, 0.6) is 5.75 Å². The minimum absolute atomic E-state index is 0.0247. The minimum Gasteiger partial charge on any atom is -0.492 e. The van der Waals surface area contributed by atoms with Gasteiger partial charge in [0.25, 0.3) is 0 Å². The first-order valence-corrected chi connectivity index (χ1v) is 9.73. The van der Waals surface area contributed by atoms with E-state index in [1.807, 2.05) is 0 Å². The van der Waals surface area contributed by atoms with E-state index in [4.69, 9.17) is 4.74 Å². The number of halogens is 5. The standard InChI is InChI=1S/C15H20F5NO2S/c16-24(17,18,19,20)14-4-1-3-13(9-14)23-10-12-5-7-15(11-22)6-2-8-21(12)15/h1,3-4,9,12,22H,2,5-8,10-11H2/t12-,15-/m0/s1. The van der Waals surface area contributed by atoms with Crippen LogP contribution in [0.3, 0.4) is 0 Å². The summed E-state index contributed by atoms with van der Waals surface area (Å²) >= 11 is 0. The number of ether oxygens (including phenoxy) is 1. The molecule has 0 amide bonds. The zero-order valence-electron chi connectivity index (χ0n) is 12.9. The molecule has 24 heavy (non-hydrogen) atoms. The molecule has 3 nitrogen and oxygen atoms in total. The smallest absolute Gasteiger partial charge is 0.310 e. The van der Waals surface area contributed by atoms with Crippen LogP contribution in [0.1, 0.15) is 25.7 Å². The van der Waals surface area contributed by atoms with Gasteiger partial charge in [0.15, 0.2) is 0 Å². The van der Waals surface area contributed by atoms with Gasteiger partial charge >= 0.3 is 10.2 Å². The third-order valence-electron chi connectivity index (χ3n) is 5.02. The first-order chi connectivity index (χ1) is 10.9. The molecule has 2 aliphatic heterocycles. The molecule has 0 bridgehead atoms. The number of fused-ring (bicyclic) bond motifs is 1. The van der Waals surface area contributed by atoms with Crippen molar-refractivity contribution >= 4 is 10.2 Å². The van der Waals surface area contributed by atoms with Crippen LogP contribution in [0.25, 0.3) is 0 Å². The van der Waals surface area contributed by atoms with Crippen LogP contribution in [0.2, 0.25) is 0 Å². The summed E-state index contributed by atoms with van der Waals surface area (Å²) in [6.45, 7) is 0.967. The average Bonchev–Trinajstić information content (AvgIpc) is 3.02. The van der Waals surface area contributed by atoms with Crippen molar-refractivity contribution in [2.45, 2.75) is 42.2 Å². The van der Waals surface area contributed by atoms with E-state index in [1.165, 1.54) is 6.07 Å². The molecule has 0 unspecified atom stereocenters. The third kappa shape index (κ3) is 3.34. The van der Waals surface area contributed by atoms with Crippen molar-refractivity contribution in [2.75, 3.05) is 19.8 Å². The fourth-order valence-electron chi connectivity index (χ4n) is 3.81. The summed E-state index contributed by atoms with van der Waals surface area (Å²) in [6, 6.07) is 2.86. The van der Waals surface area contributed by atoms with E-state index < -0.39 is 15.1 Å². The van der Waals surface area contributed by atoms with Crippen molar-refractivity contribution in [3.63, 3.8) is 0 Å². The summed E-state index contributed by atoms with van der Waals surface area (Å²) in [5.74, 6) is -0.221. The molecule has 2 aliphatic rings. The van der Waals surface area contributed by atoms with E-state index in [1.54, 1.807) is 0 Å². The topological polar surface area (TPSA) is 32.7 Å². The maximum Gasteiger partial charge on any atom is 0.310 e. The van der Waals surface area contributed by atoms with Crippen LogP contribution < -0.4 is 4.74 Å². The molecule has 0 aromatic heterocycles. The average molecular weight is 373 g/mol. The molecular weight excluding hydrogens is 353 g/mol. The first-order valence-electron chi connectivity index (χ1n) is 7.78. The number of rotatable bonds is 5. The largest absolute Gasteiger partial charge is 0.492 e. The number of nitrogens with zero attached hydrogens (tertiary/aromatic N) is 1. The summed E-state index contributed by atoms with van der Waals surface area (Å²) in [5.41, 5.74) is -0.250. The molecule has 2 atom stereocenters. The molecule has 1 N–H and O–H groups in total. The van der Waals surface area contributed by atoms with Crippen LogP contribution in [-0.2, 0) is 0 Å². The predicted octanol–water partition coefficient (Wildman–Crippen LogP) is 4.71. The second-order valence-corrected chi connectivity index (χ2v) is 9.04. The Bertz CT molecular complexity index is 638. The van der Waals surface area contributed by atoms with Crippen molar-refractivity contribution < 1.29 is 29.3 Å². The highest BCUT2D eigenvalue weighted by Gasteiger charge is 2.65. The van der Waals surface area contributed by atoms with Gasteiger partial charge in [-0.25, -0.2) is 0 Å². The molecular formula is C15H20F5NO2S. The fraction of sp³-hybridized carbons (Fsp3) is 0.600. The van der Waals surface area contributed by atoms with Crippen molar-refractivity contribution in [3.05, 3.63) is 24.3 Å². The van der Waals surface area contributed by atoms with Crippen LogP contribution in [0.15, 0.2) is 29.2 Å². The molecule has 0 aliphatic carbocycles. The first kappa shape index (κ1) is 17.8. The van der Waals surface area contributed by atoms with Crippen molar-refractivity contribution in [2.24, 2.45) is 0 Å². The Labute approximate surface area is 137 Å². The molecule has 0 spiro atoms. The Morgan fingerprint density at radius 2 is 1.96 bits per heavy atom. The normalized spacial score (nSPS) is 30.7. The Kier molecular flexibility index (Phi) is 3.69. The van der Waals surface area contributed by atoms with Gasteiger partial charge in [0.2, 0.25) is 0 Å². The van der Waals surface area contributed by atoms with Gasteiger partial charge in [-0.15, -0.1) is 0 Å². The molecule has 0 saturated carbocycles. The van der Waals surface area contributed by atoms with Gasteiger partial charge in [-0.2, -0.15) is 0 Å². The lowest BCUT2D eigenvalue weighted by atomic mass is 9.95. The monoisotopic (exact) mass is 373 g/mol. The van der Waals surface area contributed by atoms with Crippen molar-refractivity contribution in [1.29, 1.82) is 0 Å². The molecule has 0 radical (unpaired) electrons. The van der Waals surface area contributed by atoms with Crippen molar-refractivity contribution in [1.82, 2.24) is 4.90 Å². The lowest BCUT2D eigenvalue weighted by Crippen LogP contribution is -2.46. The van der Waals surface area contributed by atoms with Gasteiger partial charge < -0.3 is 9.84 Å². The van der Waals surface area contributed by atoms with Gasteiger partial charge in [0.05, 0.1) is 6.61 Å². The van der Waals surface area contributed by atoms with E-state index in [-0.39, 0.29) is 30.5 Å². The second kappa shape index (κ2) is 4.98. The molecule has 3 rings (SSSR count). The summed E-state index contributed by atoms with van der Waals surface area (Å²) in [5, 5.41) is 9.63.